The van der Waals surface area contributed by atoms with Crippen LogP contribution in [-0.4, -0.2) is 18.4 Å². The molecule has 2 N–H and O–H groups in total. The van der Waals surface area contributed by atoms with E-state index >= 15 is 0 Å². The summed E-state index contributed by atoms with van der Waals surface area (Å²) in [5, 5.41) is 0. The maximum Gasteiger partial charge on any atom is 0.313 e. The molecule has 0 atom stereocenters. The molecule has 0 aromatic heterocycles. The van der Waals surface area contributed by atoms with Gasteiger partial charge in [-0.15, -0.1) is 0 Å². The highest BCUT2D eigenvalue weighted by atomic mass is 19.1. The lowest BCUT2D eigenvalue weighted by Gasteiger charge is -2.10. The Morgan fingerprint density at radius 2 is 1.90 bits per heavy atom. The molecule has 0 heterocycles. The Balaban J connectivity index is 2.76. The molecule has 0 fully saturated rings. The van der Waals surface area contributed by atoms with Crippen LogP contribution in [0.2, 0.25) is 0 Å². The first-order chi connectivity index (χ1) is 9.31. The van der Waals surface area contributed by atoms with Gasteiger partial charge in [0, 0.05) is 0 Å². The summed E-state index contributed by atoms with van der Waals surface area (Å²) in [6.45, 7) is 5.06. The first-order valence-electron chi connectivity index (χ1n) is 6.18. The van der Waals surface area contributed by atoms with Crippen LogP contribution in [0.5, 0.6) is 0 Å². The number of hydrogen-bond donors (Lipinski definition) is 1. The SMILES string of the molecule is CC(=O)CC(=O)OC/C(C)=C(\C)c1ccc(F)c(N)c1. The lowest BCUT2D eigenvalue weighted by atomic mass is 10.0. The van der Waals surface area contributed by atoms with Gasteiger partial charge in [0.05, 0.1) is 5.69 Å². The summed E-state index contributed by atoms with van der Waals surface area (Å²) in [6.07, 6.45) is -0.226. The van der Waals surface area contributed by atoms with Crippen molar-refractivity contribution in [2.45, 2.75) is 27.2 Å². The molecule has 0 amide bonds. The molecule has 0 bridgehead atoms. The zero-order valence-electron chi connectivity index (χ0n) is 11.8. The van der Waals surface area contributed by atoms with Crippen molar-refractivity contribution >= 4 is 23.0 Å². The van der Waals surface area contributed by atoms with Gasteiger partial charge in [-0.25, -0.2) is 4.39 Å². The van der Waals surface area contributed by atoms with Crippen LogP contribution in [0.25, 0.3) is 5.57 Å². The molecule has 1 aromatic rings. The minimum Gasteiger partial charge on any atom is -0.461 e. The maximum atomic E-state index is 13.1. The van der Waals surface area contributed by atoms with Gasteiger partial charge in [0.2, 0.25) is 0 Å². The summed E-state index contributed by atoms with van der Waals surface area (Å²) < 4.78 is 18.1. The molecule has 108 valence electrons. The number of ether oxygens (including phenoxy) is 1. The molecule has 0 aliphatic rings. The van der Waals surface area contributed by atoms with Gasteiger partial charge >= 0.3 is 5.97 Å². The third-order valence-corrected chi connectivity index (χ3v) is 2.91. The Labute approximate surface area is 117 Å². The standard InChI is InChI=1S/C15H18FNO3/c1-9(8-20-15(19)6-10(2)18)11(3)12-4-5-13(16)14(17)7-12/h4-5,7H,6,8,17H2,1-3H3/b11-9+. The zero-order valence-corrected chi connectivity index (χ0v) is 11.8. The number of esters is 1. The summed E-state index contributed by atoms with van der Waals surface area (Å²) in [7, 11) is 0. The molecule has 0 radical (unpaired) electrons. The van der Waals surface area contributed by atoms with Crippen molar-refractivity contribution in [3.63, 3.8) is 0 Å². The number of ketones is 1. The van der Waals surface area contributed by atoms with E-state index in [2.05, 4.69) is 0 Å². The van der Waals surface area contributed by atoms with E-state index in [1.54, 1.807) is 13.0 Å². The van der Waals surface area contributed by atoms with Gasteiger partial charge in [-0.2, -0.15) is 0 Å². The van der Waals surface area contributed by atoms with Gasteiger partial charge in [-0.3, -0.25) is 9.59 Å². The van der Waals surface area contributed by atoms with Crippen LogP contribution in [-0.2, 0) is 14.3 Å². The monoisotopic (exact) mass is 279 g/mol. The third kappa shape index (κ3) is 4.50. The van der Waals surface area contributed by atoms with Gasteiger partial charge in [0.25, 0.3) is 0 Å². The number of anilines is 1. The molecule has 0 saturated heterocycles. The number of rotatable bonds is 5. The lowest BCUT2D eigenvalue weighted by Crippen LogP contribution is -2.10. The highest BCUT2D eigenvalue weighted by Crippen LogP contribution is 2.22. The van der Waals surface area contributed by atoms with E-state index in [0.717, 1.165) is 16.7 Å². The van der Waals surface area contributed by atoms with Crippen molar-refractivity contribution in [2.75, 3.05) is 12.3 Å². The van der Waals surface area contributed by atoms with Gasteiger partial charge < -0.3 is 10.5 Å². The van der Waals surface area contributed by atoms with Crippen molar-refractivity contribution in [1.82, 2.24) is 0 Å². The molecule has 0 aliphatic carbocycles. The minimum atomic E-state index is -0.553. The van der Waals surface area contributed by atoms with Gasteiger partial charge in [0.1, 0.15) is 24.6 Å². The van der Waals surface area contributed by atoms with Crippen LogP contribution < -0.4 is 5.73 Å². The Hall–Kier alpha value is -2.17. The molecular weight excluding hydrogens is 261 g/mol. The number of carbonyl (C=O) groups excluding carboxylic acids is 2. The van der Waals surface area contributed by atoms with Crippen molar-refractivity contribution in [2.24, 2.45) is 0 Å². The van der Waals surface area contributed by atoms with Gasteiger partial charge in [-0.1, -0.05) is 6.07 Å². The second kappa shape index (κ2) is 6.84. The highest BCUT2D eigenvalue weighted by Gasteiger charge is 2.09. The average Bonchev–Trinajstić information content (AvgIpc) is 2.37. The van der Waals surface area contributed by atoms with E-state index in [4.69, 9.17) is 10.5 Å². The second-order valence-electron chi connectivity index (χ2n) is 4.68. The number of Topliss-reactive ketones (excluding diaryl/α,β-unsaturated/α-hetero) is 1. The number of nitrogens with two attached hydrogens (primary N) is 1. The first-order valence-corrected chi connectivity index (χ1v) is 6.18. The van der Waals surface area contributed by atoms with E-state index < -0.39 is 11.8 Å². The number of hydrogen-bond acceptors (Lipinski definition) is 4. The predicted octanol–water partition coefficient (Wildman–Crippen LogP) is 2.72. The number of nitrogen functional groups attached to an aromatic ring is 1. The van der Waals surface area contributed by atoms with Crippen LogP contribution in [0.4, 0.5) is 10.1 Å². The maximum absolute atomic E-state index is 13.1. The minimum absolute atomic E-state index is 0.0724. The molecule has 1 aromatic carbocycles. The number of allylic oxidation sites excluding steroid dienone is 1. The van der Waals surface area contributed by atoms with E-state index in [1.807, 2.05) is 6.92 Å². The average molecular weight is 279 g/mol. The summed E-state index contributed by atoms with van der Waals surface area (Å²) in [5.41, 5.74) is 8.02. The Kier molecular flexibility index (Phi) is 5.43. The number of carbonyl (C=O) groups is 2. The molecule has 20 heavy (non-hydrogen) atoms. The van der Waals surface area contributed by atoms with Crippen LogP contribution in [0.15, 0.2) is 23.8 Å². The molecule has 5 heteroatoms. The smallest absolute Gasteiger partial charge is 0.313 e. The quantitative estimate of drug-likeness (QED) is 0.511. The van der Waals surface area contributed by atoms with Crippen molar-refractivity contribution in [3.05, 3.63) is 35.2 Å². The molecule has 4 nitrogen and oxygen atoms in total. The summed E-state index contributed by atoms with van der Waals surface area (Å²) in [4.78, 5) is 22.0. The number of benzene rings is 1. The Bertz CT molecular complexity index is 564. The lowest BCUT2D eigenvalue weighted by molar-refractivity contribution is -0.144. The van der Waals surface area contributed by atoms with Crippen molar-refractivity contribution in [1.29, 1.82) is 0 Å². The van der Waals surface area contributed by atoms with E-state index in [1.165, 1.54) is 19.1 Å². The molecule has 0 unspecified atom stereocenters. The molecule has 0 aliphatic heterocycles. The molecule has 0 spiro atoms. The fourth-order valence-electron chi connectivity index (χ4n) is 1.57. The third-order valence-electron chi connectivity index (χ3n) is 2.91. The van der Waals surface area contributed by atoms with Crippen LogP contribution in [0, 0.1) is 5.82 Å². The van der Waals surface area contributed by atoms with Crippen LogP contribution >= 0.6 is 0 Å². The molecule has 0 saturated carbocycles. The van der Waals surface area contributed by atoms with Crippen molar-refractivity contribution < 1.29 is 18.7 Å². The highest BCUT2D eigenvalue weighted by molar-refractivity contribution is 5.94. The fraction of sp³-hybridized carbons (Fsp3) is 0.333. The zero-order chi connectivity index (χ0) is 15.3. The summed E-state index contributed by atoms with van der Waals surface area (Å²) in [6, 6.07) is 4.44. The van der Waals surface area contributed by atoms with E-state index in [0.29, 0.717) is 0 Å². The Morgan fingerprint density at radius 3 is 2.45 bits per heavy atom. The summed E-state index contributed by atoms with van der Waals surface area (Å²) in [5.74, 6) is -1.25. The number of halogens is 1. The summed E-state index contributed by atoms with van der Waals surface area (Å²) >= 11 is 0. The second-order valence-corrected chi connectivity index (χ2v) is 4.68. The fourth-order valence-corrected chi connectivity index (χ4v) is 1.57. The van der Waals surface area contributed by atoms with Gasteiger partial charge in [0.15, 0.2) is 0 Å². The Morgan fingerprint density at radius 1 is 1.25 bits per heavy atom. The van der Waals surface area contributed by atoms with E-state index in [-0.39, 0.29) is 24.5 Å². The van der Waals surface area contributed by atoms with Gasteiger partial charge in [-0.05, 0) is 49.6 Å². The first kappa shape index (κ1) is 15.9. The van der Waals surface area contributed by atoms with Crippen LogP contribution in [0.3, 0.4) is 0 Å². The van der Waals surface area contributed by atoms with Crippen molar-refractivity contribution in [3.8, 4) is 0 Å². The van der Waals surface area contributed by atoms with Crippen LogP contribution in [0.1, 0.15) is 32.8 Å². The largest absolute Gasteiger partial charge is 0.461 e. The topological polar surface area (TPSA) is 69.4 Å². The van der Waals surface area contributed by atoms with E-state index in [9.17, 15) is 14.0 Å². The molecule has 1 rings (SSSR count). The molecular formula is C15H18FNO3. The predicted molar refractivity (Wildman–Crippen MR) is 75.3 cm³/mol. The normalized spacial score (nSPS) is 11.8.